The normalized spacial score (nSPS) is 13.5. The lowest BCUT2D eigenvalue weighted by molar-refractivity contribution is -0.132. The van der Waals surface area contributed by atoms with Gasteiger partial charge in [0, 0.05) is 19.3 Å². The molecule has 0 fully saturated rings. The smallest absolute Gasteiger partial charge is 0.293 e. The number of amides is 1. The lowest BCUT2D eigenvalue weighted by atomic mass is 10.00. The molecule has 1 aliphatic heterocycles. The van der Waals surface area contributed by atoms with E-state index in [2.05, 4.69) is 12.1 Å². The maximum atomic E-state index is 12.6. The molecule has 5 nitrogen and oxygen atoms in total. The molecule has 0 saturated carbocycles. The average molecular weight is 326 g/mol. The van der Waals surface area contributed by atoms with Crippen molar-refractivity contribution in [1.82, 2.24) is 9.47 Å². The summed E-state index contributed by atoms with van der Waals surface area (Å²) in [5, 5.41) is 0. The van der Waals surface area contributed by atoms with Gasteiger partial charge < -0.3 is 14.2 Å². The number of aromatic nitrogens is 1. The minimum atomic E-state index is -0.253. The van der Waals surface area contributed by atoms with Crippen LogP contribution in [-0.4, -0.2) is 28.5 Å². The third-order valence-corrected chi connectivity index (χ3v) is 4.24. The topological polar surface area (TPSA) is 51.5 Å². The minimum absolute atomic E-state index is 0.0424. The average Bonchev–Trinajstić information content (AvgIpc) is 2.62. The van der Waals surface area contributed by atoms with Gasteiger partial charge in [0.2, 0.25) is 5.91 Å². The van der Waals surface area contributed by atoms with Crippen molar-refractivity contribution in [3.8, 4) is 5.75 Å². The monoisotopic (exact) mass is 326 g/mol. The number of pyridine rings is 1. The molecule has 1 aromatic carbocycles. The zero-order chi connectivity index (χ0) is 16.9. The van der Waals surface area contributed by atoms with E-state index in [0.29, 0.717) is 25.4 Å². The molecule has 0 radical (unpaired) electrons. The Balaban J connectivity index is 1.71. The van der Waals surface area contributed by atoms with E-state index in [1.807, 2.05) is 24.0 Å². The third kappa shape index (κ3) is 3.50. The Morgan fingerprint density at radius 3 is 2.75 bits per heavy atom. The van der Waals surface area contributed by atoms with Crippen LogP contribution in [0.3, 0.4) is 0 Å². The molecule has 3 rings (SSSR count). The number of fused-ring (bicyclic) bond motifs is 1. The highest BCUT2D eigenvalue weighted by atomic mass is 16.5. The van der Waals surface area contributed by atoms with Crippen molar-refractivity contribution in [2.24, 2.45) is 0 Å². The maximum absolute atomic E-state index is 12.6. The Labute approximate surface area is 141 Å². The molecule has 24 heavy (non-hydrogen) atoms. The lowest BCUT2D eigenvalue weighted by Crippen LogP contribution is -2.39. The summed E-state index contributed by atoms with van der Waals surface area (Å²) >= 11 is 0. The first-order valence-electron chi connectivity index (χ1n) is 8.36. The fraction of sp³-hybridized carbons (Fsp3) is 0.368. The highest BCUT2D eigenvalue weighted by Crippen LogP contribution is 2.18. The van der Waals surface area contributed by atoms with Crippen LogP contribution in [0.4, 0.5) is 0 Å². The number of rotatable bonds is 5. The first-order chi connectivity index (χ1) is 11.7. The minimum Gasteiger partial charge on any atom is -0.488 e. The van der Waals surface area contributed by atoms with Crippen molar-refractivity contribution >= 4 is 5.91 Å². The van der Waals surface area contributed by atoms with Gasteiger partial charge >= 0.3 is 0 Å². The Morgan fingerprint density at radius 1 is 1.17 bits per heavy atom. The van der Waals surface area contributed by atoms with Gasteiger partial charge in [0.25, 0.3) is 5.56 Å². The number of carbonyl (C=O) groups excluding carboxylic acids is 1. The molecule has 1 aromatic heterocycles. The van der Waals surface area contributed by atoms with Gasteiger partial charge in [-0.05, 0) is 36.1 Å². The number of carbonyl (C=O) groups is 1. The Morgan fingerprint density at radius 2 is 1.96 bits per heavy atom. The van der Waals surface area contributed by atoms with E-state index >= 15 is 0 Å². The lowest BCUT2D eigenvalue weighted by Gasteiger charge is -2.29. The van der Waals surface area contributed by atoms with Crippen LogP contribution < -0.4 is 10.3 Å². The van der Waals surface area contributed by atoms with Crippen molar-refractivity contribution in [3.05, 3.63) is 64.1 Å². The second-order valence-electron chi connectivity index (χ2n) is 5.99. The van der Waals surface area contributed by atoms with Gasteiger partial charge in [-0.1, -0.05) is 31.2 Å². The first kappa shape index (κ1) is 16.3. The van der Waals surface area contributed by atoms with Crippen molar-refractivity contribution in [2.75, 3.05) is 13.2 Å². The molecule has 1 aliphatic rings. The van der Waals surface area contributed by atoms with Crippen molar-refractivity contribution in [3.63, 3.8) is 0 Å². The van der Waals surface area contributed by atoms with E-state index in [1.54, 1.807) is 18.3 Å². The Kier molecular flexibility index (Phi) is 4.99. The number of benzene rings is 1. The summed E-state index contributed by atoms with van der Waals surface area (Å²) in [5.41, 5.74) is 2.23. The number of hydrogen-bond acceptors (Lipinski definition) is 3. The van der Waals surface area contributed by atoms with E-state index in [0.717, 1.165) is 12.8 Å². The van der Waals surface area contributed by atoms with Gasteiger partial charge in [-0.2, -0.15) is 0 Å². The van der Waals surface area contributed by atoms with Crippen molar-refractivity contribution < 1.29 is 9.53 Å². The van der Waals surface area contributed by atoms with Crippen LogP contribution in [0.2, 0.25) is 0 Å². The molecule has 0 saturated heterocycles. The molecular weight excluding hydrogens is 304 g/mol. The predicted molar refractivity (Wildman–Crippen MR) is 92.1 cm³/mol. The first-order valence-corrected chi connectivity index (χ1v) is 8.36. The van der Waals surface area contributed by atoms with E-state index in [1.165, 1.54) is 15.7 Å². The van der Waals surface area contributed by atoms with E-state index in [-0.39, 0.29) is 18.0 Å². The quantitative estimate of drug-likeness (QED) is 0.846. The Hall–Kier alpha value is -2.56. The highest BCUT2D eigenvalue weighted by molar-refractivity contribution is 5.76. The summed E-state index contributed by atoms with van der Waals surface area (Å²) in [6.45, 7) is 3.83. The summed E-state index contributed by atoms with van der Waals surface area (Å²) in [4.78, 5) is 26.8. The summed E-state index contributed by atoms with van der Waals surface area (Å²) < 4.78 is 6.87. The third-order valence-electron chi connectivity index (χ3n) is 4.24. The molecule has 5 heteroatoms. The SMILES string of the molecule is CCCOc1cccn(CC(=O)N2CCc3ccccc3C2)c1=O. The highest BCUT2D eigenvalue weighted by Gasteiger charge is 2.21. The van der Waals surface area contributed by atoms with Gasteiger partial charge in [0.15, 0.2) is 5.75 Å². The second-order valence-corrected chi connectivity index (χ2v) is 5.99. The summed E-state index contributed by atoms with van der Waals surface area (Å²) in [7, 11) is 0. The van der Waals surface area contributed by atoms with Gasteiger partial charge in [0.05, 0.1) is 6.61 Å². The summed E-state index contributed by atoms with van der Waals surface area (Å²) in [6, 6.07) is 11.6. The number of nitrogens with zero attached hydrogens (tertiary/aromatic N) is 2. The van der Waals surface area contributed by atoms with Crippen LogP contribution in [0.25, 0.3) is 0 Å². The molecule has 0 atom stereocenters. The summed E-state index contributed by atoms with van der Waals surface area (Å²) in [6.07, 6.45) is 3.33. The number of ether oxygens (including phenoxy) is 1. The fourth-order valence-electron chi connectivity index (χ4n) is 2.92. The maximum Gasteiger partial charge on any atom is 0.293 e. The van der Waals surface area contributed by atoms with Gasteiger partial charge in [-0.3, -0.25) is 9.59 Å². The molecule has 2 aromatic rings. The standard InChI is InChI=1S/C19H22N2O3/c1-2-12-24-17-8-5-10-21(19(17)23)14-18(22)20-11-9-15-6-3-4-7-16(15)13-20/h3-8,10H,2,9,11-14H2,1H3. The molecule has 126 valence electrons. The molecule has 0 spiro atoms. The van der Waals surface area contributed by atoms with Crippen LogP contribution in [0.5, 0.6) is 5.75 Å². The van der Waals surface area contributed by atoms with Crippen LogP contribution in [0, 0.1) is 0 Å². The molecule has 2 heterocycles. The second kappa shape index (κ2) is 7.34. The van der Waals surface area contributed by atoms with Crippen LogP contribution in [0.1, 0.15) is 24.5 Å². The van der Waals surface area contributed by atoms with Crippen LogP contribution >= 0.6 is 0 Å². The van der Waals surface area contributed by atoms with Crippen LogP contribution in [-0.2, 0) is 24.3 Å². The van der Waals surface area contributed by atoms with Crippen molar-refractivity contribution in [1.29, 1.82) is 0 Å². The predicted octanol–water partition coefficient (Wildman–Crippen LogP) is 2.22. The summed E-state index contributed by atoms with van der Waals surface area (Å²) in [5.74, 6) is 0.260. The van der Waals surface area contributed by atoms with E-state index in [4.69, 9.17) is 4.74 Å². The molecule has 0 unspecified atom stereocenters. The number of hydrogen-bond donors (Lipinski definition) is 0. The van der Waals surface area contributed by atoms with Gasteiger partial charge in [0.1, 0.15) is 6.54 Å². The zero-order valence-corrected chi connectivity index (χ0v) is 13.9. The van der Waals surface area contributed by atoms with E-state index in [9.17, 15) is 9.59 Å². The molecule has 1 amide bonds. The molecule has 0 aliphatic carbocycles. The van der Waals surface area contributed by atoms with Crippen LogP contribution in [0.15, 0.2) is 47.4 Å². The fourth-order valence-corrected chi connectivity index (χ4v) is 2.92. The largest absolute Gasteiger partial charge is 0.488 e. The molecule has 0 N–H and O–H groups in total. The Bertz CT molecular complexity index is 782. The molecule has 0 bridgehead atoms. The zero-order valence-electron chi connectivity index (χ0n) is 13.9. The van der Waals surface area contributed by atoms with Gasteiger partial charge in [-0.15, -0.1) is 0 Å². The van der Waals surface area contributed by atoms with E-state index < -0.39 is 0 Å². The van der Waals surface area contributed by atoms with Gasteiger partial charge in [-0.25, -0.2) is 0 Å². The molecular formula is C19H22N2O3. The van der Waals surface area contributed by atoms with Crippen molar-refractivity contribution in [2.45, 2.75) is 32.9 Å².